The Kier molecular flexibility index (Phi) is 10.2. The van der Waals surface area contributed by atoms with Gasteiger partial charge in [0.25, 0.3) is 0 Å². The van der Waals surface area contributed by atoms with Crippen LogP contribution < -0.4 is 4.90 Å². The van der Waals surface area contributed by atoms with Crippen molar-refractivity contribution in [2.24, 2.45) is 0 Å². The number of fused-ring (bicyclic) bond motifs is 6. The molecule has 0 spiro atoms. The van der Waals surface area contributed by atoms with Crippen LogP contribution in [0.25, 0.3) is 110 Å². The van der Waals surface area contributed by atoms with E-state index >= 15 is 0 Å². The maximum atomic E-state index is 6.48. The first-order valence-electron chi connectivity index (χ1n) is 24.0. The number of furan rings is 1. The maximum Gasteiger partial charge on any atom is 0.143 e. The van der Waals surface area contributed by atoms with Gasteiger partial charge in [-0.1, -0.05) is 224 Å². The molecule has 0 aliphatic heterocycles. The molecule has 0 bridgehead atoms. The molecule has 0 radical (unpaired) electrons. The van der Waals surface area contributed by atoms with Crippen molar-refractivity contribution >= 4 is 60.5 Å². The quantitative estimate of drug-likeness (QED) is 0.134. The Bertz CT molecular complexity index is 4010. The second kappa shape index (κ2) is 17.4. The molecule has 13 aromatic rings. The Morgan fingerprint density at radius 1 is 0.229 bits per heavy atom. The van der Waals surface area contributed by atoms with Crippen LogP contribution in [0, 0.1) is 0 Å². The van der Waals surface area contributed by atoms with Crippen LogP contribution in [0.3, 0.4) is 0 Å². The number of benzene rings is 12. The fourth-order valence-corrected chi connectivity index (χ4v) is 10.5. The average Bonchev–Trinajstić information content (AvgIpc) is 3.83. The summed E-state index contributed by atoms with van der Waals surface area (Å²) in [6.45, 7) is 0. The molecule has 0 saturated carbocycles. The van der Waals surface area contributed by atoms with Crippen molar-refractivity contribution in [3.05, 3.63) is 273 Å². The third-order valence-corrected chi connectivity index (χ3v) is 13.9. The van der Waals surface area contributed by atoms with E-state index in [1.807, 2.05) is 12.1 Å². The van der Waals surface area contributed by atoms with Crippen LogP contribution in [0.2, 0.25) is 0 Å². The molecule has 0 fully saturated rings. The highest BCUT2D eigenvalue weighted by Gasteiger charge is 2.20. The first kappa shape index (κ1) is 41.0. The predicted molar refractivity (Wildman–Crippen MR) is 296 cm³/mol. The molecule has 2 nitrogen and oxygen atoms in total. The summed E-state index contributed by atoms with van der Waals surface area (Å²) in [4.78, 5) is 2.37. The zero-order valence-electron chi connectivity index (χ0n) is 38.3. The van der Waals surface area contributed by atoms with Gasteiger partial charge in [0.05, 0.1) is 0 Å². The minimum atomic E-state index is 0.899. The molecule has 12 aromatic carbocycles. The third-order valence-electron chi connectivity index (χ3n) is 13.9. The molecule has 70 heavy (non-hydrogen) atoms. The molecule has 0 saturated heterocycles. The van der Waals surface area contributed by atoms with Crippen molar-refractivity contribution < 1.29 is 4.42 Å². The highest BCUT2D eigenvalue weighted by molar-refractivity contribution is 6.22. The minimum Gasteiger partial charge on any atom is -0.455 e. The molecule has 0 atom stereocenters. The molecule has 328 valence electrons. The monoisotopic (exact) mass is 891 g/mol. The van der Waals surface area contributed by atoms with Crippen LogP contribution in [0.4, 0.5) is 17.1 Å². The predicted octanol–water partition coefficient (Wildman–Crippen LogP) is 19.4. The molecule has 0 amide bonds. The Morgan fingerprint density at radius 3 is 1.30 bits per heavy atom. The van der Waals surface area contributed by atoms with Gasteiger partial charge in [-0.15, -0.1) is 0 Å². The SMILES string of the molecule is c1ccc(-c2ccc(-c3ccc(N(c4ccc(-c5cccc6c5oc5ccccc56)cc4)c4cccc(-c5ccc6c(c5)c(-c5ccccc5)c(-c5ccccc5)c5ccccc56)c4)cc3)cc2)cc1. The van der Waals surface area contributed by atoms with Gasteiger partial charge in [0.15, 0.2) is 0 Å². The Morgan fingerprint density at radius 2 is 0.657 bits per heavy atom. The van der Waals surface area contributed by atoms with Crippen LogP contribution >= 0.6 is 0 Å². The van der Waals surface area contributed by atoms with Gasteiger partial charge in [-0.25, -0.2) is 0 Å². The lowest BCUT2D eigenvalue weighted by Crippen LogP contribution is -2.10. The fraction of sp³-hybridized carbons (Fsp3) is 0. The van der Waals surface area contributed by atoms with Crippen molar-refractivity contribution in [3.8, 4) is 66.8 Å². The smallest absolute Gasteiger partial charge is 0.143 e. The molecular formula is C68H45NO. The summed E-state index contributed by atoms with van der Waals surface area (Å²) in [7, 11) is 0. The summed E-state index contributed by atoms with van der Waals surface area (Å²) in [5, 5.41) is 7.22. The zero-order chi connectivity index (χ0) is 46.4. The Balaban J connectivity index is 0.937. The third kappa shape index (κ3) is 7.31. The fourth-order valence-electron chi connectivity index (χ4n) is 10.5. The van der Waals surface area contributed by atoms with Gasteiger partial charge in [0.1, 0.15) is 11.2 Å². The average molecular weight is 892 g/mol. The van der Waals surface area contributed by atoms with Crippen molar-refractivity contribution in [1.29, 1.82) is 0 Å². The van der Waals surface area contributed by atoms with Gasteiger partial charge in [-0.2, -0.15) is 0 Å². The second-order valence-electron chi connectivity index (χ2n) is 18.0. The molecule has 1 aromatic heterocycles. The summed E-state index contributed by atoms with van der Waals surface area (Å²) >= 11 is 0. The van der Waals surface area contributed by atoms with E-state index in [4.69, 9.17) is 4.42 Å². The van der Waals surface area contributed by atoms with Crippen molar-refractivity contribution in [2.75, 3.05) is 4.90 Å². The van der Waals surface area contributed by atoms with Crippen molar-refractivity contribution in [1.82, 2.24) is 0 Å². The molecule has 2 heteroatoms. The van der Waals surface area contributed by atoms with Crippen LogP contribution in [0.1, 0.15) is 0 Å². The number of anilines is 3. The summed E-state index contributed by atoms with van der Waals surface area (Å²) in [6, 6.07) is 98.6. The zero-order valence-corrected chi connectivity index (χ0v) is 38.3. The Hall–Kier alpha value is -9.24. The lowest BCUT2D eigenvalue weighted by molar-refractivity contribution is 0.670. The van der Waals surface area contributed by atoms with Gasteiger partial charge >= 0.3 is 0 Å². The van der Waals surface area contributed by atoms with E-state index in [0.29, 0.717) is 0 Å². The van der Waals surface area contributed by atoms with Crippen LogP contribution in [-0.4, -0.2) is 0 Å². The number of rotatable bonds is 9. The van der Waals surface area contributed by atoms with Crippen molar-refractivity contribution in [2.45, 2.75) is 0 Å². The minimum absolute atomic E-state index is 0.899. The lowest BCUT2D eigenvalue weighted by Gasteiger charge is -2.26. The standard InChI is InChI=1S/C68H45NO/c1-4-16-46(17-5-1)47-30-32-48(33-31-47)49-34-39-55(40-35-49)69(56-41-36-50(37-42-56)58-27-15-28-63-61-25-12-13-29-65(61)70-68(58)63)57-23-14-22-53(44-57)54-38-43-60-59-24-10-11-26-62(59)66(51-18-6-2-7-19-51)67(64(60)45-54)52-20-8-3-9-21-52/h1-45H. The van der Waals surface area contributed by atoms with Crippen LogP contribution in [0.15, 0.2) is 277 Å². The number of nitrogens with zero attached hydrogens (tertiary/aromatic N) is 1. The molecular weight excluding hydrogens is 847 g/mol. The summed E-state index contributed by atoms with van der Waals surface area (Å²) in [5.74, 6) is 0. The molecule has 0 N–H and O–H groups in total. The van der Waals surface area contributed by atoms with E-state index < -0.39 is 0 Å². The normalized spacial score (nSPS) is 11.4. The van der Waals surface area contributed by atoms with E-state index in [2.05, 4.69) is 266 Å². The Labute approximate surface area is 407 Å². The summed E-state index contributed by atoms with van der Waals surface area (Å²) < 4.78 is 6.48. The van der Waals surface area contributed by atoms with E-state index in [1.165, 1.54) is 66.1 Å². The van der Waals surface area contributed by atoms with Gasteiger partial charge in [0, 0.05) is 33.4 Å². The van der Waals surface area contributed by atoms with E-state index in [0.717, 1.165) is 61.3 Å². The first-order valence-corrected chi connectivity index (χ1v) is 24.0. The number of hydrogen-bond donors (Lipinski definition) is 0. The van der Waals surface area contributed by atoms with Crippen molar-refractivity contribution in [3.63, 3.8) is 0 Å². The van der Waals surface area contributed by atoms with E-state index in [1.54, 1.807) is 0 Å². The second-order valence-corrected chi connectivity index (χ2v) is 18.0. The highest BCUT2D eigenvalue weighted by Crippen LogP contribution is 2.46. The topological polar surface area (TPSA) is 16.4 Å². The first-order chi connectivity index (χ1) is 34.7. The molecule has 0 unspecified atom stereocenters. The summed E-state index contributed by atoms with van der Waals surface area (Å²) in [6.07, 6.45) is 0. The number of para-hydroxylation sites is 2. The van der Waals surface area contributed by atoms with Gasteiger partial charge in [0.2, 0.25) is 0 Å². The highest BCUT2D eigenvalue weighted by atomic mass is 16.3. The van der Waals surface area contributed by atoms with Gasteiger partial charge in [-0.05, 0) is 131 Å². The lowest BCUT2D eigenvalue weighted by atomic mass is 9.84. The molecule has 1 heterocycles. The largest absolute Gasteiger partial charge is 0.455 e. The van der Waals surface area contributed by atoms with Crippen LogP contribution in [0.5, 0.6) is 0 Å². The van der Waals surface area contributed by atoms with E-state index in [9.17, 15) is 0 Å². The van der Waals surface area contributed by atoms with Gasteiger partial charge in [-0.3, -0.25) is 0 Å². The summed E-state index contributed by atoms with van der Waals surface area (Å²) in [5.41, 5.74) is 19.1. The maximum absolute atomic E-state index is 6.48. The molecule has 13 rings (SSSR count). The van der Waals surface area contributed by atoms with Gasteiger partial charge < -0.3 is 9.32 Å². The number of hydrogen-bond acceptors (Lipinski definition) is 2. The molecule has 0 aliphatic rings. The van der Waals surface area contributed by atoms with E-state index in [-0.39, 0.29) is 0 Å². The molecule has 0 aliphatic carbocycles. The van der Waals surface area contributed by atoms with Crippen LogP contribution in [-0.2, 0) is 0 Å².